The number of halogens is 4. The first-order valence-corrected chi connectivity index (χ1v) is 7.23. The zero-order valence-corrected chi connectivity index (χ0v) is 13.6. The van der Waals surface area contributed by atoms with Gasteiger partial charge in [-0.15, -0.1) is 0 Å². The number of benzene rings is 2. The van der Waals surface area contributed by atoms with Crippen LogP contribution in [-0.2, 0) is 0 Å². The van der Waals surface area contributed by atoms with Crippen molar-refractivity contribution in [3.8, 4) is 0 Å². The molecular weight excluding hydrogens is 417 g/mol. The SMILES string of the molecule is Nc1c(Cl)cc(C(=O)Nc2ccc(F)cc2I)cc1Cl. The van der Waals surface area contributed by atoms with Crippen LogP contribution in [0.2, 0.25) is 10.0 Å². The number of hydrogen-bond acceptors (Lipinski definition) is 2. The van der Waals surface area contributed by atoms with Crippen LogP contribution in [0.4, 0.5) is 15.8 Å². The Morgan fingerprint density at radius 3 is 2.35 bits per heavy atom. The van der Waals surface area contributed by atoms with Crippen LogP contribution in [0.25, 0.3) is 0 Å². The molecule has 0 saturated heterocycles. The summed E-state index contributed by atoms with van der Waals surface area (Å²) in [6, 6.07) is 6.92. The van der Waals surface area contributed by atoms with Gasteiger partial charge in [0.1, 0.15) is 5.82 Å². The highest BCUT2D eigenvalue weighted by molar-refractivity contribution is 14.1. The molecule has 104 valence electrons. The first kappa shape index (κ1) is 15.3. The fourth-order valence-electron chi connectivity index (χ4n) is 1.50. The Labute approximate surface area is 138 Å². The summed E-state index contributed by atoms with van der Waals surface area (Å²) in [4.78, 5) is 12.1. The van der Waals surface area contributed by atoms with Crippen LogP contribution in [0.5, 0.6) is 0 Å². The topological polar surface area (TPSA) is 55.1 Å². The smallest absolute Gasteiger partial charge is 0.255 e. The maximum absolute atomic E-state index is 13.0. The van der Waals surface area contributed by atoms with Crippen LogP contribution in [0.3, 0.4) is 0 Å². The number of hydrogen-bond donors (Lipinski definition) is 2. The zero-order valence-electron chi connectivity index (χ0n) is 9.88. The predicted octanol–water partition coefficient (Wildman–Crippen LogP) is 4.57. The van der Waals surface area contributed by atoms with E-state index < -0.39 is 5.91 Å². The molecule has 0 fully saturated rings. The van der Waals surface area contributed by atoms with Crippen molar-refractivity contribution in [3.05, 3.63) is 55.3 Å². The van der Waals surface area contributed by atoms with Crippen molar-refractivity contribution in [3.63, 3.8) is 0 Å². The first-order valence-electron chi connectivity index (χ1n) is 5.39. The predicted molar refractivity (Wildman–Crippen MR) is 87.9 cm³/mol. The molecule has 3 nitrogen and oxygen atoms in total. The number of amides is 1. The van der Waals surface area contributed by atoms with Crippen molar-refractivity contribution in [1.29, 1.82) is 0 Å². The fraction of sp³-hybridized carbons (Fsp3) is 0. The standard InChI is InChI=1S/C13H8Cl2FIN2O/c14-8-3-6(4-9(15)12(8)18)13(20)19-11-2-1-7(16)5-10(11)17/h1-5H,18H2,(H,19,20). The summed E-state index contributed by atoms with van der Waals surface area (Å²) >= 11 is 13.7. The Bertz CT molecular complexity index is 671. The van der Waals surface area contributed by atoms with E-state index in [-0.39, 0.29) is 27.1 Å². The molecule has 2 aromatic rings. The van der Waals surface area contributed by atoms with E-state index in [2.05, 4.69) is 5.32 Å². The highest BCUT2D eigenvalue weighted by Crippen LogP contribution is 2.29. The van der Waals surface area contributed by atoms with Gasteiger partial charge in [0.15, 0.2) is 0 Å². The quantitative estimate of drug-likeness (QED) is 0.548. The van der Waals surface area contributed by atoms with Gasteiger partial charge in [0, 0.05) is 9.13 Å². The van der Waals surface area contributed by atoms with Gasteiger partial charge in [0.2, 0.25) is 0 Å². The summed E-state index contributed by atoms with van der Waals surface area (Å²) in [5.41, 5.74) is 6.60. The molecule has 20 heavy (non-hydrogen) atoms. The molecule has 0 atom stereocenters. The summed E-state index contributed by atoms with van der Waals surface area (Å²) in [6.07, 6.45) is 0. The third-order valence-electron chi connectivity index (χ3n) is 2.52. The normalized spacial score (nSPS) is 10.4. The summed E-state index contributed by atoms with van der Waals surface area (Å²) in [5, 5.41) is 3.07. The van der Waals surface area contributed by atoms with Gasteiger partial charge in [-0.3, -0.25) is 4.79 Å². The average molecular weight is 425 g/mol. The number of nitrogen functional groups attached to an aromatic ring is 1. The van der Waals surface area contributed by atoms with Crippen molar-refractivity contribution in [1.82, 2.24) is 0 Å². The molecule has 0 aromatic heterocycles. The van der Waals surface area contributed by atoms with Crippen molar-refractivity contribution in [2.75, 3.05) is 11.1 Å². The van der Waals surface area contributed by atoms with Crippen molar-refractivity contribution < 1.29 is 9.18 Å². The minimum Gasteiger partial charge on any atom is -0.396 e. The van der Waals surface area contributed by atoms with E-state index in [0.717, 1.165) is 0 Å². The van der Waals surface area contributed by atoms with Crippen LogP contribution in [0.15, 0.2) is 30.3 Å². The van der Waals surface area contributed by atoms with Crippen molar-refractivity contribution >= 4 is 63.1 Å². The van der Waals surface area contributed by atoms with E-state index in [1.54, 1.807) is 0 Å². The number of nitrogens with two attached hydrogens (primary N) is 1. The maximum atomic E-state index is 13.0. The van der Waals surface area contributed by atoms with Crippen molar-refractivity contribution in [2.24, 2.45) is 0 Å². The minimum absolute atomic E-state index is 0.205. The molecule has 1 amide bonds. The van der Waals surface area contributed by atoms with Crippen LogP contribution >= 0.6 is 45.8 Å². The van der Waals surface area contributed by atoms with Gasteiger partial charge in [0.05, 0.1) is 21.4 Å². The highest BCUT2D eigenvalue weighted by atomic mass is 127. The van der Waals surface area contributed by atoms with E-state index in [9.17, 15) is 9.18 Å². The Hall–Kier alpha value is -1.05. The lowest BCUT2D eigenvalue weighted by Gasteiger charge is -2.09. The van der Waals surface area contributed by atoms with Gasteiger partial charge in [0.25, 0.3) is 5.91 Å². The van der Waals surface area contributed by atoms with Gasteiger partial charge >= 0.3 is 0 Å². The summed E-state index contributed by atoms with van der Waals surface area (Å²) < 4.78 is 13.6. The largest absolute Gasteiger partial charge is 0.396 e. The Morgan fingerprint density at radius 2 is 1.80 bits per heavy atom. The molecule has 3 N–H and O–H groups in total. The van der Waals surface area contributed by atoms with Crippen LogP contribution in [0.1, 0.15) is 10.4 Å². The highest BCUT2D eigenvalue weighted by Gasteiger charge is 2.13. The van der Waals surface area contributed by atoms with E-state index in [1.165, 1.54) is 30.3 Å². The number of carbonyl (C=O) groups is 1. The zero-order chi connectivity index (χ0) is 14.9. The molecule has 0 bridgehead atoms. The molecule has 0 aliphatic rings. The lowest BCUT2D eigenvalue weighted by atomic mass is 10.2. The number of nitrogens with one attached hydrogen (secondary N) is 1. The molecule has 0 aliphatic carbocycles. The van der Waals surface area contributed by atoms with Gasteiger partial charge in [-0.05, 0) is 52.9 Å². The second kappa shape index (κ2) is 6.15. The monoisotopic (exact) mass is 424 g/mol. The van der Waals surface area contributed by atoms with Crippen molar-refractivity contribution in [2.45, 2.75) is 0 Å². The van der Waals surface area contributed by atoms with E-state index in [4.69, 9.17) is 28.9 Å². The van der Waals surface area contributed by atoms with Crippen LogP contribution in [0, 0.1) is 9.39 Å². The Morgan fingerprint density at radius 1 is 1.20 bits per heavy atom. The third kappa shape index (κ3) is 3.34. The second-order valence-electron chi connectivity index (χ2n) is 3.93. The molecule has 0 unspecified atom stereocenters. The number of carbonyl (C=O) groups excluding carboxylic acids is 1. The van der Waals surface area contributed by atoms with Gasteiger partial charge < -0.3 is 11.1 Å². The lowest BCUT2D eigenvalue weighted by Crippen LogP contribution is -2.13. The van der Waals surface area contributed by atoms with E-state index in [0.29, 0.717) is 9.26 Å². The molecule has 2 aromatic carbocycles. The average Bonchev–Trinajstić information content (AvgIpc) is 2.38. The Balaban J connectivity index is 2.28. The van der Waals surface area contributed by atoms with Gasteiger partial charge in [-0.1, -0.05) is 23.2 Å². The minimum atomic E-state index is -0.404. The number of anilines is 2. The second-order valence-corrected chi connectivity index (χ2v) is 5.91. The molecule has 0 heterocycles. The molecule has 0 radical (unpaired) electrons. The molecule has 0 saturated carbocycles. The van der Waals surface area contributed by atoms with Gasteiger partial charge in [-0.25, -0.2) is 4.39 Å². The van der Waals surface area contributed by atoms with E-state index in [1.807, 2.05) is 22.6 Å². The molecule has 2 rings (SSSR count). The summed E-state index contributed by atoms with van der Waals surface area (Å²) in [7, 11) is 0. The summed E-state index contributed by atoms with van der Waals surface area (Å²) in [5.74, 6) is -0.774. The van der Waals surface area contributed by atoms with Crippen LogP contribution < -0.4 is 11.1 Å². The first-order chi connectivity index (χ1) is 9.38. The molecule has 0 spiro atoms. The van der Waals surface area contributed by atoms with Crippen LogP contribution in [-0.4, -0.2) is 5.91 Å². The Kier molecular flexibility index (Phi) is 4.72. The maximum Gasteiger partial charge on any atom is 0.255 e. The third-order valence-corrected chi connectivity index (χ3v) is 4.04. The summed E-state index contributed by atoms with van der Waals surface area (Å²) in [6.45, 7) is 0. The molecule has 0 aliphatic heterocycles. The van der Waals surface area contributed by atoms with Gasteiger partial charge in [-0.2, -0.15) is 0 Å². The van der Waals surface area contributed by atoms with E-state index >= 15 is 0 Å². The number of rotatable bonds is 2. The fourth-order valence-corrected chi connectivity index (χ4v) is 2.60. The molecule has 7 heteroatoms. The lowest BCUT2D eigenvalue weighted by molar-refractivity contribution is 0.102. The molecular formula is C13H8Cl2FIN2O.